The highest BCUT2D eigenvalue weighted by Gasteiger charge is 2.14. The van der Waals surface area contributed by atoms with E-state index in [1.165, 1.54) is 0 Å². The lowest BCUT2D eigenvalue weighted by molar-refractivity contribution is 0.464. The fraction of sp³-hybridized carbons (Fsp3) is 1.00. The first kappa shape index (κ1) is 12.1. The van der Waals surface area contributed by atoms with E-state index >= 15 is 0 Å². The van der Waals surface area contributed by atoms with Gasteiger partial charge in [0.2, 0.25) is 0 Å². The normalized spacial score (nSPS) is 16.3. The third-order valence-electron chi connectivity index (χ3n) is 1.05. The first-order valence-electron chi connectivity index (χ1n) is 3.31. The zero-order valence-electron chi connectivity index (χ0n) is 6.09. The summed E-state index contributed by atoms with van der Waals surface area (Å²) in [6.45, 7) is 0.538. The molecule has 0 saturated heterocycles. The van der Waals surface area contributed by atoms with Crippen LogP contribution in [-0.2, 0) is 4.57 Å². The number of alkyl halides is 2. The van der Waals surface area contributed by atoms with Gasteiger partial charge in [-0.25, -0.2) is 5.09 Å². The molecule has 0 aliphatic heterocycles. The maximum Gasteiger partial charge on any atom is 0.267 e. The molecule has 2 N–H and O–H groups in total. The van der Waals surface area contributed by atoms with E-state index in [1.54, 1.807) is 0 Å². The summed E-state index contributed by atoms with van der Waals surface area (Å²) in [5.74, 6) is 0. The molecule has 68 valence electrons. The molecule has 0 aromatic rings. The summed E-state index contributed by atoms with van der Waals surface area (Å²) in [4.78, 5) is 9.18. The Morgan fingerprint density at radius 3 is 2.45 bits per heavy atom. The molecule has 3 nitrogen and oxygen atoms in total. The molecule has 1 atom stereocenters. The zero-order chi connectivity index (χ0) is 8.74. The highest BCUT2D eigenvalue weighted by Crippen LogP contribution is 2.35. The Balaban J connectivity index is 3.53. The van der Waals surface area contributed by atoms with E-state index in [0.717, 1.165) is 11.8 Å². The molecular weight excluding hydrogens is 297 g/mol. The van der Waals surface area contributed by atoms with Crippen LogP contribution in [0.4, 0.5) is 0 Å². The van der Waals surface area contributed by atoms with Crippen molar-refractivity contribution < 1.29 is 9.46 Å². The SMILES string of the molecule is O=P(O)(CCCBr)NCCBr. The summed E-state index contributed by atoms with van der Waals surface area (Å²) in [5.41, 5.74) is 0. The third kappa shape index (κ3) is 7.47. The fourth-order valence-electron chi connectivity index (χ4n) is 0.570. The third-order valence-corrected chi connectivity index (χ3v) is 3.65. The van der Waals surface area contributed by atoms with E-state index in [-0.39, 0.29) is 0 Å². The van der Waals surface area contributed by atoms with Crippen LogP contribution in [0, 0.1) is 0 Å². The Kier molecular flexibility index (Phi) is 7.27. The van der Waals surface area contributed by atoms with Crippen LogP contribution in [0.5, 0.6) is 0 Å². The summed E-state index contributed by atoms with van der Waals surface area (Å²) < 4.78 is 11.1. The van der Waals surface area contributed by atoms with E-state index in [4.69, 9.17) is 0 Å². The Hall–Kier alpha value is 1.11. The van der Waals surface area contributed by atoms with Gasteiger partial charge in [-0.3, -0.25) is 4.57 Å². The summed E-state index contributed by atoms with van der Waals surface area (Å²) in [6.07, 6.45) is 1.06. The lowest BCUT2D eigenvalue weighted by Crippen LogP contribution is -2.14. The second-order valence-corrected chi connectivity index (χ2v) is 5.82. The van der Waals surface area contributed by atoms with Gasteiger partial charge < -0.3 is 4.89 Å². The smallest absolute Gasteiger partial charge is 0.267 e. The minimum Gasteiger partial charge on any atom is -0.333 e. The molecule has 0 fully saturated rings. The van der Waals surface area contributed by atoms with E-state index < -0.39 is 7.52 Å². The highest BCUT2D eigenvalue weighted by atomic mass is 79.9. The lowest BCUT2D eigenvalue weighted by Gasteiger charge is -2.10. The highest BCUT2D eigenvalue weighted by molar-refractivity contribution is 9.09. The molecule has 0 heterocycles. The van der Waals surface area contributed by atoms with Crippen molar-refractivity contribution >= 4 is 39.4 Å². The Morgan fingerprint density at radius 2 is 2.00 bits per heavy atom. The number of rotatable bonds is 6. The minimum atomic E-state index is -3.04. The summed E-state index contributed by atoms with van der Waals surface area (Å²) in [7, 11) is -3.04. The average molecular weight is 309 g/mol. The summed E-state index contributed by atoms with van der Waals surface area (Å²) in [6, 6.07) is 0. The predicted octanol–water partition coefficient (Wildman–Crippen LogP) is 1.94. The standard InChI is InChI=1S/C5H12Br2NO2P/c6-2-1-5-11(9,10)8-4-3-7/h1-5H2,(H2,8,9,10). The van der Waals surface area contributed by atoms with Gasteiger partial charge in [-0.1, -0.05) is 31.9 Å². The molecule has 6 heteroatoms. The van der Waals surface area contributed by atoms with Crippen molar-refractivity contribution in [2.24, 2.45) is 0 Å². The van der Waals surface area contributed by atoms with Gasteiger partial charge in [0.15, 0.2) is 0 Å². The fourth-order valence-corrected chi connectivity index (χ4v) is 2.99. The molecule has 0 aliphatic rings. The monoisotopic (exact) mass is 307 g/mol. The zero-order valence-corrected chi connectivity index (χ0v) is 10.2. The van der Waals surface area contributed by atoms with Crippen molar-refractivity contribution in [3.05, 3.63) is 0 Å². The van der Waals surface area contributed by atoms with Crippen LogP contribution in [0.3, 0.4) is 0 Å². The van der Waals surface area contributed by atoms with Crippen LogP contribution in [0.15, 0.2) is 0 Å². The van der Waals surface area contributed by atoms with Gasteiger partial charge in [-0.15, -0.1) is 0 Å². The van der Waals surface area contributed by atoms with Crippen LogP contribution in [0.25, 0.3) is 0 Å². The van der Waals surface area contributed by atoms with Gasteiger partial charge >= 0.3 is 0 Å². The van der Waals surface area contributed by atoms with Crippen molar-refractivity contribution in [1.82, 2.24) is 5.09 Å². The van der Waals surface area contributed by atoms with Gasteiger partial charge in [0.25, 0.3) is 7.52 Å². The van der Waals surface area contributed by atoms with Gasteiger partial charge in [-0.2, -0.15) is 0 Å². The Morgan fingerprint density at radius 1 is 1.36 bits per heavy atom. The van der Waals surface area contributed by atoms with Crippen molar-refractivity contribution in [2.75, 3.05) is 23.4 Å². The van der Waals surface area contributed by atoms with Gasteiger partial charge in [0.1, 0.15) is 0 Å². The van der Waals surface area contributed by atoms with E-state index in [1.807, 2.05) is 0 Å². The second-order valence-electron chi connectivity index (χ2n) is 2.06. The largest absolute Gasteiger partial charge is 0.333 e. The molecule has 1 unspecified atom stereocenters. The Labute approximate surface area is 83.7 Å². The van der Waals surface area contributed by atoms with Crippen molar-refractivity contribution in [2.45, 2.75) is 6.42 Å². The maximum absolute atomic E-state index is 11.1. The predicted molar refractivity (Wildman–Crippen MR) is 54.9 cm³/mol. The second kappa shape index (κ2) is 6.61. The molecular formula is C5H12Br2NO2P. The summed E-state index contributed by atoms with van der Waals surface area (Å²) in [5, 5.41) is 4.06. The number of hydrogen-bond acceptors (Lipinski definition) is 1. The van der Waals surface area contributed by atoms with Gasteiger partial charge in [0.05, 0.1) is 0 Å². The molecule has 0 aromatic carbocycles. The average Bonchev–Trinajstić information content (AvgIpc) is 1.97. The lowest BCUT2D eigenvalue weighted by atomic mass is 10.6. The molecule has 0 aromatic heterocycles. The van der Waals surface area contributed by atoms with Crippen molar-refractivity contribution in [3.8, 4) is 0 Å². The van der Waals surface area contributed by atoms with Crippen LogP contribution in [-0.4, -0.2) is 28.3 Å². The van der Waals surface area contributed by atoms with Gasteiger partial charge in [0, 0.05) is 23.4 Å². The number of halogens is 2. The van der Waals surface area contributed by atoms with Crippen molar-refractivity contribution in [1.29, 1.82) is 0 Å². The molecule has 11 heavy (non-hydrogen) atoms. The maximum atomic E-state index is 11.1. The van der Waals surface area contributed by atoms with Crippen LogP contribution in [0.2, 0.25) is 0 Å². The van der Waals surface area contributed by atoms with Crippen LogP contribution in [0.1, 0.15) is 6.42 Å². The molecule has 0 spiro atoms. The van der Waals surface area contributed by atoms with Gasteiger partial charge in [-0.05, 0) is 6.42 Å². The first-order chi connectivity index (χ1) is 5.12. The van der Waals surface area contributed by atoms with Crippen LogP contribution < -0.4 is 5.09 Å². The van der Waals surface area contributed by atoms with Crippen molar-refractivity contribution in [3.63, 3.8) is 0 Å². The number of hydrogen-bond donors (Lipinski definition) is 2. The molecule has 0 bridgehead atoms. The van der Waals surface area contributed by atoms with E-state index in [2.05, 4.69) is 36.9 Å². The Bertz CT molecular complexity index is 132. The molecule has 0 amide bonds. The minimum absolute atomic E-state index is 0.339. The number of nitrogens with one attached hydrogen (secondary N) is 1. The topological polar surface area (TPSA) is 49.3 Å². The summed E-state index contributed by atoms with van der Waals surface area (Å²) >= 11 is 6.37. The van der Waals surface area contributed by atoms with E-state index in [0.29, 0.717) is 18.0 Å². The molecule has 0 aliphatic carbocycles. The molecule has 0 saturated carbocycles. The van der Waals surface area contributed by atoms with Crippen LogP contribution >= 0.6 is 39.4 Å². The van der Waals surface area contributed by atoms with E-state index in [9.17, 15) is 9.46 Å². The molecule has 0 radical (unpaired) electrons. The molecule has 0 rings (SSSR count). The quantitative estimate of drug-likeness (QED) is 0.582. The first-order valence-corrected chi connectivity index (χ1v) is 7.40.